The smallest absolute Gasteiger partial charge is 0.303 e. The fourth-order valence-electron chi connectivity index (χ4n) is 3.23. The largest absolute Gasteiger partial charge is 0.489 e. The highest BCUT2D eigenvalue weighted by Gasteiger charge is 2.11. The van der Waals surface area contributed by atoms with Crippen molar-refractivity contribution in [2.24, 2.45) is 0 Å². The van der Waals surface area contributed by atoms with Crippen LogP contribution in [0.25, 0.3) is 11.1 Å². The number of hydrogen-bond donors (Lipinski definition) is 1. The maximum Gasteiger partial charge on any atom is 0.303 e. The van der Waals surface area contributed by atoms with Crippen LogP contribution in [0.15, 0.2) is 60.7 Å². The van der Waals surface area contributed by atoms with E-state index in [1.807, 2.05) is 62.4 Å². The molecule has 0 aliphatic rings. The second kappa shape index (κ2) is 8.94. The molecule has 3 aromatic rings. The van der Waals surface area contributed by atoms with Gasteiger partial charge in [0.25, 0.3) is 0 Å². The van der Waals surface area contributed by atoms with E-state index in [0.717, 1.165) is 39.1 Å². The van der Waals surface area contributed by atoms with Crippen LogP contribution in [0.4, 0.5) is 0 Å². The summed E-state index contributed by atoms with van der Waals surface area (Å²) in [4.78, 5) is 10.8. The lowest BCUT2D eigenvalue weighted by molar-refractivity contribution is -0.136. The van der Waals surface area contributed by atoms with E-state index in [4.69, 9.17) is 21.4 Å². The summed E-state index contributed by atoms with van der Waals surface area (Å²) in [6.45, 7) is 4.48. The first-order valence-corrected chi connectivity index (χ1v) is 9.61. The zero-order valence-electron chi connectivity index (χ0n) is 16.0. The number of ether oxygens (including phenoxy) is 1. The number of carboxylic acid groups (broad SMARTS) is 1. The van der Waals surface area contributed by atoms with Crippen LogP contribution in [0.5, 0.6) is 5.75 Å². The average molecular weight is 395 g/mol. The van der Waals surface area contributed by atoms with E-state index >= 15 is 0 Å². The van der Waals surface area contributed by atoms with E-state index in [1.165, 1.54) is 0 Å². The number of hydrogen-bond acceptors (Lipinski definition) is 2. The third kappa shape index (κ3) is 4.73. The first kappa shape index (κ1) is 20.0. The van der Waals surface area contributed by atoms with Gasteiger partial charge >= 0.3 is 5.97 Å². The molecule has 0 saturated heterocycles. The molecular formula is C24H23ClO3. The van der Waals surface area contributed by atoms with Crippen molar-refractivity contribution in [3.63, 3.8) is 0 Å². The molecule has 0 saturated carbocycles. The standard InChI is InChI=1S/C24H23ClO3/c1-16-17(2)23(13-9-18(16)10-14-24(26)27)28-15-20-5-3-4-6-22(20)19-7-11-21(25)12-8-19/h3-9,11-13H,10,14-15H2,1-2H3,(H,26,27). The van der Waals surface area contributed by atoms with E-state index in [2.05, 4.69) is 12.1 Å². The Morgan fingerprint density at radius 3 is 2.36 bits per heavy atom. The number of benzene rings is 3. The highest BCUT2D eigenvalue weighted by Crippen LogP contribution is 2.29. The van der Waals surface area contributed by atoms with Crippen LogP contribution in [-0.2, 0) is 17.8 Å². The molecule has 3 nitrogen and oxygen atoms in total. The molecule has 3 aromatic carbocycles. The average Bonchev–Trinajstić information content (AvgIpc) is 2.69. The van der Waals surface area contributed by atoms with Gasteiger partial charge in [0.05, 0.1) is 0 Å². The molecule has 0 aliphatic carbocycles. The number of carbonyl (C=O) groups is 1. The summed E-state index contributed by atoms with van der Waals surface area (Å²) in [5, 5.41) is 9.62. The number of aliphatic carboxylic acids is 1. The highest BCUT2D eigenvalue weighted by molar-refractivity contribution is 6.30. The predicted octanol–water partition coefficient (Wildman–Crippen LogP) is 6.22. The van der Waals surface area contributed by atoms with E-state index in [0.29, 0.717) is 18.1 Å². The number of rotatable bonds is 7. The van der Waals surface area contributed by atoms with Gasteiger partial charge in [-0.25, -0.2) is 0 Å². The maximum atomic E-state index is 10.8. The van der Waals surface area contributed by atoms with Crippen molar-refractivity contribution >= 4 is 17.6 Å². The summed E-state index contributed by atoms with van der Waals surface area (Å²) in [5.74, 6) is 0.0404. The van der Waals surface area contributed by atoms with Gasteiger partial charge in [-0.3, -0.25) is 4.79 Å². The first-order chi connectivity index (χ1) is 13.5. The van der Waals surface area contributed by atoms with Gasteiger partial charge < -0.3 is 9.84 Å². The van der Waals surface area contributed by atoms with E-state index < -0.39 is 5.97 Å². The molecule has 0 fully saturated rings. The minimum absolute atomic E-state index is 0.134. The Kier molecular flexibility index (Phi) is 6.37. The summed E-state index contributed by atoms with van der Waals surface area (Å²) in [7, 11) is 0. The normalized spacial score (nSPS) is 10.7. The molecule has 28 heavy (non-hydrogen) atoms. The number of carboxylic acids is 1. The number of halogens is 1. The molecular weight excluding hydrogens is 372 g/mol. The Bertz CT molecular complexity index is 978. The molecule has 0 amide bonds. The zero-order valence-corrected chi connectivity index (χ0v) is 16.8. The van der Waals surface area contributed by atoms with Crippen LogP contribution >= 0.6 is 11.6 Å². The second-order valence-electron chi connectivity index (χ2n) is 6.82. The zero-order chi connectivity index (χ0) is 20.1. The lowest BCUT2D eigenvalue weighted by atomic mass is 9.98. The van der Waals surface area contributed by atoms with Crippen LogP contribution in [0, 0.1) is 13.8 Å². The van der Waals surface area contributed by atoms with Crippen LogP contribution in [0.2, 0.25) is 5.02 Å². The molecule has 0 heterocycles. The molecule has 1 N–H and O–H groups in total. The van der Waals surface area contributed by atoms with Gasteiger partial charge in [-0.2, -0.15) is 0 Å². The second-order valence-corrected chi connectivity index (χ2v) is 7.26. The Hall–Kier alpha value is -2.78. The molecule has 0 aliphatic heterocycles. The topological polar surface area (TPSA) is 46.5 Å². The Labute approximate surface area is 170 Å². The molecule has 0 aromatic heterocycles. The van der Waals surface area contributed by atoms with Crippen molar-refractivity contribution in [3.05, 3.63) is 87.9 Å². The number of aryl methyl sites for hydroxylation is 1. The van der Waals surface area contributed by atoms with Crippen molar-refractivity contribution in [2.45, 2.75) is 33.3 Å². The van der Waals surface area contributed by atoms with Gasteiger partial charge in [0.1, 0.15) is 12.4 Å². The molecule has 0 unspecified atom stereocenters. The van der Waals surface area contributed by atoms with Gasteiger partial charge in [-0.1, -0.05) is 54.1 Å². The van der Waals surface area contributed by atoms with Gasteiger partial charge in [0, 0.05) is 11.4 Å². The third-order valence-electron chi connectivity index (χ3n) is 5.01. The van der Waals surface area contributed by atoms with Crippen molar-refractivity contribution in [2.75, 3.05) is 0 Å². The molecule has 0 radical (unpaired) electrons. The molecule has 4 heteroatoms. The van der Waals surface area contributed by atoms with Crippen molar-refractivity contribution in [1.29, 1.82) is 0 Å². The fraction of sp³-hybridized carbons (Fsp3) is 0.208. The third-order valence-corrected chi connectivity index (χ3v) is 5.27. The van der Waals surface area contributed by atoms with Crippen LogP contribution < -0.4 is 4.74 Å². The monoisotopic (exact) mass is 394 g/mol. The highest BCUT2D eigenvalue weighted by atomic mass is 35.5. The molecule has 0 bridgehead atoms. The van der Waals surface area contributed by atoms with Crippen molar-refractivity contribution in [3.8, 4) is 16.9 Å². The summed E-state index contributed by atoms with van der Waals surface area (Å²) in [6.07, 6.45) is 0.663. The summed E-state index contributed by atoms with van der Waals surface area (Å²) in [6, 6.07) is 19.8. The van der Waals surface area contributed by atoms with Gasteiger partial charge in [-0.15, -0.1) is 0 Å². The van der Waals surface area contributed by atoms with Gasteiger partial charge in [0.2, 0.25) is 0 Å². The van der Waals surface area contributed by atoms with Crippen molar-refractivity contribution < 1.29 is 14.6 Å². The summed E-state index contributed by atoms with van der Waals surface area (Å²) >= 11 is 6.01. The quantitative estimate of drug-likeness (QED) is 0.517. The van der Waals surface area contributed by atoms with Gasteiger partial charge in [0.15, 0.2) is 0 Å². The Balaban J connectivity index is 1.79. The molecule has 0 atom stereocenters. The van der Waals surface area contributed by atoms with Crippen LogP contribution in [0.1, 0.15) is 28.7 Å². The van der Waals surface area contributed by atoms with Crippen LogP contribution in [-0.4, -0.2) is 11.1 Å². The van der Waals surface area contributed by atoms with E-state index in [1.54, 1.807) is 0 Å². The Morgan fingerprint density at radius 1 is 0.929 bits per heavy atom. The van der Waals surface area contributed by atoms with E-state index in [-0.39, 0.29) is 6.42 Å². The van der Waals surface area contributed by atoms with Crippen molar-refractivity contribution in [1.82, 2.24) is 0 Å². The summed E-state index contributed by atoms with van der Waals surface area (Å²) < 4.78 is 6.13. The van der Waals surface area contributed by atoms with Gasteiger partial charge in [-0.05, 0) is 71.8 Å². The SMILES string of the molecule is Cc1c(CCC(=O)O)ccc(OCc2ccccc2-c2ccc(Cl)cc2)c1C. The molecule has 144 valence electrons. The summed E-state index contributed by atoms with van der Waals surface area (Å²) in [5.41, 5.74) is 6.49. The first-order valence-electron chi connectivity index (χ1n) is 9.23. The predicted molar refractivity (Wildman–Crippen MR) is 113 cm³/mol. The fourth-order valence-corrected chi connectivity index (χ4v) is 3.36. The van der Waals surface area contributed by atoms with Crippen LogP contribution in [0.3, 0.4) is 0 Å². The minimum atomic E-state index is -0.781. The maximum absolute atomic E-state index is 10.8. The molecule has 3 rings (SSSR count). The lowest BCUT2D eigenvalue weighted by Gasteiger charge is -2.16. The van der Waals surface area contributed by atoms with E-state index in [9.17, 15) is 4.79 Å². The Morgan fingerprint density at radius 2 is 1.64 bits per heavy atom. The minimum Gasteiger partial charge on any atom is -0.489 e. The lowest BCUT2D eigenvalue weighted by Crippen LogP contribution is -2.03. The molecule has 0 spiro atoms.